The molecule has 0 amide bonds. The number of carbonyl (C=O) groups is 1. The van der Waals surface area contributed by atoms with E-state index in [9.17, 15) is 4.79 Å². The Hall–Kier alpha value is -2.01. The summed E-state index contributed by atoms with van der Waals surface area (Å²) in [5.74, 6) is -0.581. The summed E-state index contributed by atoms with van der Waals surface area (Å²) in [7, 11) is 1.22. The van der Waals surface area contributed by atoms with Gasteiger partial charge in [0.15, 0.2) is 5.69 Å². The summed E-state index contributed by atoms with van der Waals surface area (Å²) in [5.41, 5.74) is 8.06. The molecule has 0 fully saturated rings. The van der Waals surface area contributed by atoms with Gasteiger partial charge < -0.3 is 9.72 Å². The average Bonchev–Trinajstić information content (AvgIpc) is 2.52. The van der Waals surface area contributed by atoms with Crippen LogP contribution in [-0.4, -0.2) is 23.0 Å². The number of H-pyrrole nitrogens is 1. The molecule has 7 nitrogen and oxygen atoms in total. The molecular weight excluding hydrogens is 162 g/mol. The Morgan fingerprint density at radius 2 is 2.67 bits per heavy atom. The van der Waals surface area contributed by atoms with Gasteiger partial charge >= 0.3 is 5.97 Å². The molecule has 1 aromatic heterocycles. The first-order valence-corrected chi connectivity index (χ1v) is 2.96. The summed E-state index contributed by atoms with van der Waals surface area (Å²) in [6, 6.07) is 0. The Kier molecular flexibility index (Phi) is 2.29. The van der Waals surface area contributed by atoms with Crippen LogP contribution in [0.4, 0.5) is 5.82 Å². The normalized spacial score (nSPS) is 8.75. The van der Waals surface area contributed by atoms with Crippen LogP contribution in [-0.2, 0) is 4.74 Å². The third-order valence-corrected chi connectivity index (χ3v) is 1.14. The molecular formula is C5H5N5O2. The van der Waals surface area contributed by atoms with E-state index in [-0.39, 0.29) is 11.5 Å². The Labute approximate surface area is 67.0 Å². The predicted octanol–water partition coefficient (Wildman–Crippen LogP) is 1.14. The van der Waals surface area contributed by atoms with Crippen LogP contribution in [0.1, 0.15) is 10.5 Å². The minimum absolute atomic E-state index is 0.0182. The molecule has 1 rings (SSSR count). The van der Waals surface area contributed by atoms with Crippen LogP contribution in [0.25, 0.3) is 10.4 Å². The first-order valence-electron chi connectivity index (χ1n) is 2.96. The summed E-state index contributed by atoms with van der Waals surface area (Å²) in [6.07, 6.45) is 1.25. The Morgan fingerprint density at radius 3 is 3.25 bits per heavy atom. The van der Waals surface area contributed by atoms with E-state index in [0.29, 0.717) is 0 Å². The van der Waals surface area contributed by atoms with E-state index in [1.807, 2.05) is 0 Å². The van der Waals surface area contributed by atoms with Crippen LogP contribution in [0.5, 0.6) is 0 Å². The van der Waals surface area contributed by atoms with Crippen LogP contribution < -0.4 is 0 Å². The number of hydrogen-bond acceptors (Lipinski definition) is 4. The monoisotopic (exact) mass is 167 g/mol. The van der Waals surface area contributed by atoms with Gasteiger partial charge in [-0.1, -0.05) is 0 Å². The fourth-order valence-electron chi connectivity index (χ4n) is 0.654. The zero-order chi connectivity index (χ0) is 8.97. The fraction of sp³-hybridized carbons (Fsp3) is 0.200. The van der Waals surface area contributed by atoms with E-state index in [4.69, 9.17) is 5.53 Å². The fourth-order valence-corrected chi connectivity index (χ4v) is 0.654. The second-order valence-corrected chi connectivity index (χ2v) is 1.78. The number of nitrogens with one attached hydrogen (secondary N) is 1. The number of nitrogens with zero attached hydrogens (tertiary/aromatic N) is 4. The molecule has 62 valence electrons. The molecule has 0 aromatic carbocycles. The summed E-state index contributed by atoms with van der Waals surface area (Å²) < 4.78 is 4.38. The number of hydrogen-bond donors (Lipinski definition) is 1. The predicted molar refractivity (Wildman–Crippen MR) is 38.7 cm³/mol. The van der Waals surface area contributed by atoms with Gasteiger partial charge in [-0.05, 0) is 10.6 Å². The zero-order valence-electron chi connectivity index (χ0n) is 6.18. The maximum Gasteiger partial charge on any atom is 0.358 e. The third-order valence-electron chi connectivity index (χ3n) is 1.14. The third kappa shape index (κ3) is 1.35. The molecule has 1 aromatic rings. The number of aromatic amines is 1. The van der Waals surface area contributed by atoms with Gasteiger partial charge in [0, 0.05) is 4.91 Å². The number of aromatic nitrogens is 2. The summed E-state index contributed by atoms with van der Waals surface area (Å²) in [5, 5.41) is 3.20. The van der Waals surface area contributed by atoms with Gasteiger partial charge in [-0.25, -0.2) is 9.78 Å². The number of ether oxygens (including phenoxy) is 1. The molecule has 0 aliphatic rings. The van der Waals surface area contributed by atoms with E-state index in [2.05, 4.69) is 24.7 Å². The highest BCUT2D eigenvalue weighted by Gasteiger charge is 2.12. The Balaban J connectivity index is 3.06. The number of imidazole rings is 1. The molecule has 0 aliphatic carbocycles. The van der Waals surface area contributed by atoms with Crippen LogP contribution in [0.3, 0.4) is 0 Å². The number of carbonyl (C=O) groups excluding carboxylic acids is 1. The molecule has 0 bridgehead atoms. The lowest BCUT2D eigenvalue weighted by molar-refractivity contribution is 0.0595. The van der Waals surface area contributed by atoms with Crippen molar-refractivity contribution >= 4 is 11.8 Å². The largest absolute Gasteiger partial charge is 0.464 e. The van der Waals surface area contributed by atoms with E-state index >= 15 is 0 Å². The number of rotatable bonds is 2. The Bertz CT molecular complexity index is 337. The number of azide groups is 1. The van der Waals surface area contributed by atoms with Crippen molar-refractivity contribution in [3.05, 3.63) is 22.5 Å². The molecule has 0 atom stereocenters. The van der Waals surface area contributed by atoms with E-state index in [1.54, 1.807) is 0 Å². The lowest BCUT2D eigenvalue weighted by Gasteiger charge is -1.93. The van der Waals surface area contributed by atoms with Crippen molar-refractivity contribution in [1.29, 1.82) is 0 Å². The molecule has 0 spiro atoms. The van der Waals surface area contributed by atoms with E-state index in [0.717, 1.165) is 0 Å². The maximum absolute atomic E-state index is 10.9. The average molecular weight is 167 g/mol. The number of esters is 1. The van der Waals surface area contributed by atoms with Crippen molar-refractivity contribution in [2.75, 3.05) is 7.11 Å². The van der Waals surface area contributed by atoms with Gasteiger partial charge in [0.05, 0.1) is 13.4 Å². The van der Waals surface area contributed by atoms with Crippen molar-refractivity contribution in [3.63, 3.8) is 0 Å². The summed E-state index contributed by atoms with van der Waals surface area (Å²) in [6.45, 7) is 0. The smallest absolute Gasteiger partial charge is 0.358 e. The lowest BCUT2D eigenvalue weighted by atomic mass is 10.4. The molecule has 0 aliphatic heterocycles. The highest BCUT2D eigenvalue weighted by atomic mass is 16.5. The highest BCUT2D eigenvalue weighted by molar-refractivity contribution is 5.91. The van der Waals surface area contributed by atoms with E-state index in [1.165, 1.54) is 13.4 Å². The maximum atomic E-state index is 10.9. The molecule has 7 heteroatoms. The molecule has 0 saturated carbocycles. The van der Waals surface area contributed by atoms with E-state index < -0.39 is 5.97 Å². The van der Waals surface area contributed by atoms with Crippen molar-refractivity contribution in [1.82, 2.24) is 9.97 Å². The molecule has 0 unspecified atom stereocenters. The zero-order valence-corrected chi connectivity index (χ0v) is 6.18. The molecule has 1 N–H and O–H groups in total. The second-order valence-electron chi connectivity index (χ2n) is 1.78. The van der Waals surface area contributed by atoms with Crippen LogP contribution in [0.2, 0.25) is 0 Å². The minimum Gasteiger partial charge on any atom is -0.464 e. The standard InChI is InChI=1S/C5H5N5O2/c1-12-5(11)3-4(9-10-6)8-2-7-3/h2H,1H3,(H,7,8). The molecule has 12 heavy (non-hydrogen) atoms. The second kappa shape index (κ2) is 3.40. The van der Waals surface area contributed by atoms with Gasteiger partial charge in [0.25, 0.3) is 0 Å². The van der Waals surface area contributed by atoms with Gasteiger partial charge in [-0.2, -0.15) is 0 Å². The first kappa shape index (κ1) is 8.09. The van der Waals surface area contributed by atoms with Crippen molar-refractivity contribution in [3.8, 4) is 0 Å². The van der Waals surface area contributed by atoms with Gasteiger partial charge in [0.1, 0.15) is 5.82 Å². The highest BCUT2D eigenvalue weighted by Crippen LogP contribution is 2.13. The number of methoxy groups -OCH3 is 1. The van der Waals surface area contributed by atoms with Crippen LogP contribution in [0, 0.1) is 0 Å². The minimum atomic E-state index is -0.640. The van der Waals surface area contributed by atoms with Crippen molar-refractivity contribution in [2.24, 2.45) is 5.11 Å². The SMILES string of the molecule is COC(=O)c1nc[nH]c1N=[N+]=[N-]. The van der Waals surface area contributed by atoms with Crippen molar-refractivity contribution < 1.29 is 9.53 Å². The van der Waals surface area contributed by atoms with Gasteiger partial charge in [0.2, 0.25) is 0 Å². The van der Waals surface area contributed by atoms with Crippen LogP contribution in [0.15, 0.2) is 11.4 Å². The quantitative estimate of drug-likeness (QED) is 0.309. The van der Waals surface area contributed by atoms with Crippen molar-refractivity contribution in [2.45, 2.75) is 0 Å². The summed E-state index contributed by atoms with van der Waals surface area (Å²) >= 11 is 0. The van der Waals surface area contributed by atoms with Crippen LogP contribution >= 0.6 is 0 Å². The first-order chi connectivity index (χ1) is 5.79. The topological polar surface area (TPSA) is 104 Å². The van der Waals surface area contributed by atoms with Gasteiger partial charge in [-0.15, -0.1) is 0 Å². The molecule has 0 radical (unpaired) electrons. The van der Waals surface area contributed by atoms with Gasteiger partial charge in [-0.3, -0.25) is 0 Å². The molecule has 0 saturated heterocycles. The Morgan fingerprint density at radius 1 is 1.92 bits per heavy atom. The summed E-state index contributed by atoms with van der Waals surface area (Å²) in [4.78, 5) is 19.5. The lowest BCUT2D eigenvalue weighted by Crippen LogP contribution is -2.01. The molecule has 1 heterocycles.